The number of ether oxygens (including phenoxy) is 1. The predicted molar refractivity (Wildman–Crippen MR) is 99.9 cm³/mol. The molecule has 26 heavy (non-hydrogen) atoms. The van der Waals surface area contributed by atoms with E-state index >= 15 is 0 Å². The van der Waals surface area contributed by atoms with Crippen molar-refractivity contribution in [2.45, 2.75) is 51.5 Å². The zero-order valence-corrected chi connectivity index (χ0v) is 15.4. The van der Waals surface area contributed by atoms with Crippen molar-refractivity contribution in [1.29, 1.82) is 0 Å². The van der Waals surface area contributed by atoms with Crippen molar-refractivity contribution in [3.8, 4) is 5.75 Å². The zero-order valence-electron chi connectivity index (χ0n) is 15.4. The van der Waals surface area contributed by atoms with Crippen LogP contribution in [0.5, 0.6) is 5.75 Å². The molecule has 1 heterocycles. The molecule has 0 saturated heterocycles. The van der Waals surface area contributed by atoms with Gasteiger partial charge >= 0.3 is 5.97 Å². The Balaban J connectivity index is 1.95. The molecule has 6 nitrogen and oxygen atoms in total. The molecule has 1 aromatic carbocycles. The molecular formula is C20H26N2O4. The van der Waals surface area contributed by atoms with E-state index in [0.29, 0.717) is 24.6 Å². The third-order valence-electron chi connectivity index (χ3n) is 5.23. The van der Waals surface area contributed by atoms with Crippen LogP contribution in [0.15, 0.2) is 18.2 Å². The molecule has 1 saturated carbocycles. The van der Waals surface area contributed by atoms with Crippen LogP contribution in [0.2, 0.25) is 0 Å². The van der Waals surface area contributed by atoms with Crippen molar-refractivity contribution in [2.75, 3.05) is 13.7 Å². The normalized spacial score (nSPS) is 14.7. The Bertz CT molecular complexity index is 819. The van der Waals surface area contributed by atoms with Crippen LogP contribution in [0.25, 0.3) is 10.9 Å². The Kier molecular flexibility index (Phi) is 5.49. The van der Waals surface area contributed by atoms with Gasteiger partial charge < -0.3 is 19.7 Å². The van der Waals surface area contributed by atoms with E-state index in [1.807, 2.05) is 25.1 Å². The molecule has 0 unspecified atom stereocenters. The first-order chi connectivity index (χ1) is 12.5. The largest absolute Gasteiger partial charge is 0.497 e. The van der Waals surface area contributed by atoms with E-state index in [2.05, 4.69) is 9.88 Å². The van der Waals surface area contributed by atoms with E-state index in [4.69, 9.17) is 9.84 Å². The van der Waals surface area contributed by atoms with Crippen LogP contribution < -0.4 is 10.1 Å². The molecule has 0 spiro atoms. The van der Waals surface area contributed by atoms with Crippen LogP contribution in [0.4, 0.5) is 0 Å². The Labute approximate surface area is 153 Å². The number of nitrogens with zero attached hydrogens (tertiary/aromatic N) is 1. The van der Waals surface area contributed by atoms with Crippen LogP contribution in [0, 0.1) is 6.92 Å². The average Bonchev–Trinajstić information content (AvgIpc) is 3.22. The third-order valence-corrected chi connectivity index (χ3v) is 5.23. The molecule has 2 aromatic rings. The Hall–Kier alpha value is -2.50. The molecule has 0 atom stereocenters. The standard InChI is InChI=1S/C20H26N2O4/c1-13-19(20(25)21-11-5-8-18(23)24)16-12-15(26-2)9-10-17(16)22(13)14-6-3-4-7-14/h9-10,12,14H,3-8,11H2,1-2H3,(H,21,25)(H,23,24). The van der Waals surface area contributed by atoms with Gasteiger partial charge in [-0.3, -0.25) is 9.59 Å². The summed E-state index contributed by atoms with van der Waals surface area (Å²) in [4.78, 5) is 23.5. The van der Waals surface area contributed by atoms with Crippen molar-refractivity contribution < 1.29 is 19.4 Å². The monoisotopic (exact) mass is 358 g/mol. The molecule has 1 aliphatic carbocycles. The van der Waals surface area contributed by atoms with Gasteiger partial charge in [0.2, 0.25) is 0 Å². The number of aliphatic carboxylic acids is 1. The van der Waals surface area contributed by atoms with Gasteiger partial charge in [-0.25, -0.2) is 0 Å². The van der Waals surface area contributed by atoms with E-state index in [9.17, 15) is 9.59 Å². The van der Waals surface area contributed by atoms with Gasteiger partial charge in [0, 0.05) is 35.6 Å². The minimum Gasteiger partial charge on any atom is -0.497 e. The molecule has 0 radical (unpaired) electrons. The van der Waals surface area contributed by atoms with E-state index < -0.39 is 5.97 Å². The van der Waals surface area contributed by atoms with Crippen LogP contribution in [-0.2, 0) is 4.79 Å². The second-order valence-electron chi connectivity index (χ2n) is 6.90. The summed E-state index contributed by atoms with van der Waals surface area (Å²) in [6.45, 7) is 2.35. The van der Waals surface area contributed by atoms with Gasteiger partial charge in [-0.15, -0.1) is 0 Å². The number of rotatable bonds is 7. The second kappa shape index (κ2) is 7.81. The highest BCUT2D eigenvalue weighted by Crippen LogP contribution is 2.38. The highest BCUT2D eigenvalue weighted by atomic mass is 16.5. The molecule has 1 aromatic heterocycles. The number of methoxy groups -OCH3 is 1. The Morgan fingerprint density at radius 1 is 1.31 bits per heavy atom. The smallest absolute Gasteiger partial charge is 0.303 e. The predicted octanol–water partition coefficient (Wildman–Crippen LogP) is 3.67. The number of amides is 1. The zero-order chi connectivity index (χ0) is 18.7. The lowest BCUT2D eigenvalue weighted by atomic mass is 10.1. The fourth-order valence-corrected chi connectivity index (χ4v) is 4.00. The minimum absolute atomic E-state index is 0.0525. The van der Waals surface area contributed by atoms with Crippen molar-refractivity contribution in [3.63, 3.8) is 0 Å². The van der Waals surface area contributed by atoms with Gasteiger partial charge in [-0.2, -0.15) is 0 Å². The maximum Gasteiger partial charge on any atom is 0.303 e. The van der Waals surface area contributed by atoms with E-state index in [1.54, 1.807) is 7.11 Å². The van der Waals surface area contributed by atoms with Crippen molar-refractivity contribution in [1.82, 2.24) is 9.88 Å². The fraction of sp³-hybridized carbons (Fsp3) is 0.500. The lowest BCUT2D eigenvalue weighted by Gasteiger charge is -2.16. The van der Waals surface area contributed by atoms with E-state index in [-0.39, 0.29) is 12.3 Å². The lowest BCUT2D eigenvalue weighted by Crippen LogP contribution is -2.25. The number of carboxylic acid groups (broad SMARTS) is 1. The molecule has 3 rings (SSSR count). The number of hydrogen-bond acceptors (Lipinski definition) is 3. The molecule has 2 N–H and O–H groups in total. The van der Waals surface area contributed by atoms with Gasteiger partial charge in [0.15, 0.2) is 0 Å². The first-order valence-corrected chi connectivity index (χ1v) is 9.21. The van der Waals surface area contributed by atoms with Crippen LogP contribution in [-0.4, -0.2) is 35.2 Å². The van der Waals surface area contributed by atoms with Crippen LogP contribution >= 0.6 is 0 Å². The van der Waals surface area contributed by atoms with Gasteiger partial charge in [0.05, 0.1) is 12.7 Å². The van der Waals surface area contributed by atoms with Gasteiger partial charge in [0.25, 0.3) is 5.91 Å². The van der Waals surface area contributed by atoms with Gasteiger partial charge in [-0.1, -0.05) is 12.8 Å². The number of benzene rings is 1. The molecule has 140 valence electrons. The summed E-state index contributed by atoms with van der Waals surface area (Å²) < 4.78 is 7.65. The first kappa shape index (κ1) is 18.3. The quantitative estimate of drug-likeness (QED) is 0.740. The molecule has 0 bridgehead atoms. The highest BCUT2D eigenvalue weighted by molar-refractivity contribution is 6.08. The van der Waals surface area contributed by atoms with Crippen molar-refractivity contribution in [3.05, 3.63) is 29.5 Å². The summed E-state index contributed by atoms with van der Waals surface area (Å²) in [6, 6.07) is 6.31. The number of nitrogens with one attached hydrogen (secondary N) is 1. The molecular weight excluding hydrogens is 332 g/mol. The Morgan fingerprint density at radius 2 is 2.04 bits per heavy atom. The summed E-state index contributed by atoms with van der Waals surface area (Å²) in [5.74, 6) is -0.276. The first-order valence-electron chi connectivity index (χ1n) is 9.21. The van der Waals surface area contributed by atoms with Gasteiger partial charge in [0.1, 0.15) is 5.75 Å². The van der Waals surface area contributed by atoms with Crippen molar-refractivity contribution >= 4 is 22.8 Å². The summed E-state index contributed by atoms with van der Waals surface area (Å²) in [5, 5.41) is 12.5. The lowest BCUT2D eigenvalue weighted by molar-refractivity contribution is -0.137. The van der Waals surface area contributed by atoms with Crippen LogP contribution in [0.3, 0.4) is 0 Å². The summed E-state index contributed by atoms with van der Waals surface area (Å²) >= 11 is 0. The van der Waals surface area contributed by atoms with Crippen molar-refractivity contribution in [2.24, 2.45) is 0 Å². The molecule has 1 fully saturated rings. The third kappa shape index (κ3) is 3.54. The molecule has 6 heteroatoms. The second-order valence-corrected chi connectivity index (χ2v) is 6.90. The summed E-state index contributed by atoms with van der Waals surface area (Å²) in [6.07, 6.45) is 5.18. The Morgan fingerprint density at radius 3 is 2.69 bits per heavy atom. The number of hydrogen-bond donors (Lipinski definition) is 2. The number of carbonyl (C=O) groups excluding carboxylic acids is 1. The summed E-state index contributed by atoms with van der Waals surface area (Å²) in [5.41, 5.74) is 2.70. The molecule has 1 amide bonds. The number of fused-ring (bicyclic) bond motifs is 1. The maximum absolute atomic E-state index is 12.8. The van der Waals surface area contributed by atoms with Crippen LogP contribution in [0.1, 0.15) is 60.6 Å². The highest BCUT2D eigenvalue weighted by Gasteiger charge is 2.26. The minimum atomic E-state index is -0.849. The van der Waals surface area contributed by atoms with E-state index in [0.717, 1.165) is 35.2 Å². The van der Waals surface area contributed by atoms with E-state index in [1.165, 1.54) is 12.8 Å². The topological polar surface area (TPSA) is 80.6 Å². The SMILES string of the molecule is COc1ccc2c(c1)c(C(=O)NCCCC(=O)O)c(C)n2C1CCCC1. The summed E-state index contributed by atoms with van der Waals surface area (Å²) in [7, 11) is 1.62. The molecule has 1 aliphatic rings. The average molecular weight is 358 g/mol. The van der Waals surface area contributed by atoms with Gasteiger partial charge in [-0.05, 0) is 44.4 Å². The number of carbonyl (C=O) groups is 2. The fourth-order valence-electron chi connectivity index (χ4n) is 4.00. The number of aromatic nitrogens is 1. The molecule has 0 aliphatic heterocycles. The maximum atomic E-state index is 12.8. The number of carboxylic acids is 1.